The van der Waals surface area contributed by atoms with Crippen LogP contribution in [-0.2, 0) is 4.79 Å². The summed E-state index contributed by atoms with van der Waals surface area (Å²) < 4.78 is 0.802. The third-order valence-electron chi connectivity index (χ3n) is 5.49. The van der Waals surface area contributed by atoms with E-state index in [1.54, 1.807) is 0 Å². The standard InChI is InChI=1S/C23H48NO2.C2H4O2/c1-3-4-5-6-7-8-9-10-11-12-13-14-15-16-17-18-19-24(2,20-22-25)21-23-26;1-2(3)4/h10-11,25-26H,3-9,12-23H2,1-2H3;1H3,(H,3,4)/q+1;/p-1/b11-10-;. The molecular formula is C25H51NO4. The summed E-state index contributed by atoms with van der Waals surface area (Å²) in [5.74, 6) is -1.08. The maximum Gasteiger partial charge on any atom is 0.102 e. The molecule has 0 heterocycles. The van der Waals surface area contributed by atoms with Gasteiger partial charge in [0, 0.05) is 5.97 Å². The zero-order chi connectivity index (χ0) is 22.9. The maximum atomic E-state index is 9.16. The predicted molar refractivity (Wildman–Crippen MR) is 125 cm³/mol. The average molecular weight is 430 g/mol. The second kappa shape index (κ2) is 24.4. The van der Waals surface area contributed by atoms with Crippen molar-refractivity contribution in [1.82, 2.24) is 0 Å². The molecule has 30 heavy (non-hydrogen) atoms. The summed E-state index contributed by atoms with van der Waals surface area (Å²) in [6.07, 6.45) is 23.5. The maximum absolute atomic E-state index is 9.16. The van der Waals surface area contributed by atoms with E-state index in [0.717, 1.165) is 31.0 Å². The molecule has 0 rings (SSSR count). The Labute approximate surface area is 186 Å². The van der Waals surface area contributed by atoms with Gasteiger partial charge < -0.3 is 24.6 Å². The van der Waals surface area contributed by atoms with Gasteiger partial charge in [-0.05, 0) is 45.4 Å². The Morgan fingerprint density at radius 1 is 0.733 bits per heavy atom. The van der Waals surface area contributed by atoms with E-state index in [2.05, 4.69) is 26.1 Å². The molecule has 0 aliphatic heterocycles. The summed E-state index contributed by atoms with van der Waals surface area (Å²) in [4.78, 5) is 8.89. The third-order valence-corrected chi connectivity index (χ3v) is 5.49. The van der Waals surface area contributed by atoms with E-state index in [1.165, 1.54) is 89.9 Å². The normalized spacial score (nSPS) is 11.5. The van der Waals surface area contributed by atoms with Gasteiger partial charge in [-0.3, -0.25) is 0 Å². The number of unbranched alkanes of at least 4 members (excludes halogenated alkanes) is 12. The lowest BCUT2D eigenvalue weighted by molar-refractivity contribution is -0.910. The SMILES string of the molecule is CC(=O)[O-].CCCCCCCC/C=C\CCCCCCCC[N+](C)(CCO)CCO. The Morgan fingerprint density at radius 2 is 1.10 bits per heavy atom. The first kappa shape index (κ1) is 31.3. The molecule has 5 nitrogen and oxygen atoms in total. The first-order valence-electron chi connectivity index (χ1n) is 12.3. The monoisotopic (exact) mass is 429 g/mol. The highest BCUT2D eigenvalue weighted by molar-refractivity contribution is 5.60. The van der Waals surface area contributed by atoms with Crippen LogP contribution in [0.3, 0.4) is 0 Å². The molecule has 0 amide bonds. The van der Waals surface area contributed by atoms with E-state index >= 15 is 0 Å². The lowest BCUT2D eigenvalue weighted by atomic mass is 10.1. The van der Waals surface area contributed by atoms with Crippen LogP contribution in [0.5, 0.6) is 0 Å². The minimum atomic E-state index is -1.08. The number of hydrogen-bond acceptors (Lipinski definition) is 4. The number of aliphatic hydroxyl groups excluding tert-OH is 2. The molecule has 2 N–H and O–H groups in total. The van der Waals surface area contributed by atoms with Crippen LogP contribution >= 0.6 is 0 Å². The van der Waals surface area contributed by atoms with Crippen LogP contribution in [0.2, 0.25) is 0 Å². The summed E-state index contributed by atoms with van der Waals surface area (Å²) >= 11 is 0. The van der Waals surface area contributed by atoms with Crippen molar-refractivity contribution in [3.8, 4) is 0 Å². The van der Waals surface area contributed by atoms with Crippen LogP contribution in [0.15, 0.2) is 12.2 Å². The van der Waals surface area contributed by atoms with E-state index in [4.69, 9.17) is 20.1 Å². The number of nitrogens with zero attached hydrogens (tertiary/aromatic N) is 1. The van der Waals surface area contributed by atoms with Crippen molar-refractivity contribution in [2.45, 2.75) is 104 Å². The number of rotatable bonds is 20. The van der Waals surface area contributed by atoms with Crippen molar-refractivity contribution in [2.75, 3.05) is 39.9 Å². The van der Waals surface area contributed by atoms with Gasteiger partial charge in [0.15, 0.2) is 0 Å². The summed E-state index contributed by atoms with van der Waals surface area (Å²) in [6, 6.07) is 0. The van der Waals surface area contributed by atoms with Gasteiger partial charge in [-0.1, -0.05) is 70.4 Å². The van der Waals surface area contributed by atoms with Crippen molar-refractivity contribution in [3.05, 3.63) is 12.2 Å². The molecular weight excluding hydrogens is 378 g/mol. The zero-order valence-electron chi connectivity index (χ0n) is 20.2. The van der Waals surface area contributed by atoms with Crippen LogP contribution in [0.4, 0.5) is 0 Å². The minimum Gasteiger partial charge on any atom is -0.550 e. The number of carboxylic acids is 1. The lowest BCUT2D eigenvalue weighted by Gasteiger charge is -2.33. The molecule has 0 aromatic rings. The fourth-order valence-electron chi connectivity index (χ4n) is 3.56. The Morgan fingerprint density at radius 3 is 1.50 bits per heavy atom. The van der Waals surface area contributed by atoms with Crippen LogP contribution in [-0.4, -0.2) is 60.6 Å². The van der Waals surface area contributed by atoms with Crippen molar-refractivity contribution < 1.29 is 24.6 Å². The highest BCUT2D eigenvalue weighted by Gasteiger charge is 2.19. The van der Waals surface area contributed by atoms with Gasteiger partial charge >= 0.3 is 0 Å². The Bertz CT molecular complexity index is 375. The molecule has 0 saturated heterocycles. The molecule has 5 heteroatoms. The van der Waals surface area contributed by atoms with Crippen molar-refractivity contribution >= 4 is 5.97 Å². The highest BCUT2D eigenvalue weighted by Crippen LogP contribution is 2.11. The fraction of sp³-hybridized carbons (Fsp3) is 0.880. The molecule has 180 valence electrons. The number of hydrogen-bond donors (Lipinski definition) is 2. The van der Waals surface area contributed by atoms with E-state index < -0.39 is 5.97 Å². The van der Waals surface area contributed by atoms with Gasteiger partial charge in [-0.2, -0.15) is 0 Å². The summed E-state index contributed by atoms with van der Waals surface area (Å²) in [6.45, 7) is 6.25. The number of aliphatic carboxylic acids is 1. The van der Waals surface area contributed by atoms with Gasteiger partial charge in [-0.15, -0.1) is 0 Å². The fourth-order valence-corrected chi connectivity index (χ4v) is 3.56. The second-order valence-corrected chi connectivity index (χ2v) is 8.67. The molecule has 0 fully saturated rings. The smallest absolute Gasteiger partial charge is 0.102 e. The Hall–Kier alpha value is -0.910. The largest absolute Gasteiger partial charge is 0.550 e. The summed E-state index contributed by atoms with van der Waals surface area (Å²) in [5, 5.41) is 27.2. The minimum absolute atomic E-state index is 0.211. The van der Waals surface area contributed by atoms with Crippen LogP contribution < -0.4 is 5.11 Å². The number of carbonyl (C=O) groups excluding carboxylic acids is 1. The second-order valence-electron chi connectivity index (χ2n) is 8.67. The number of quaternary nitrogens is 1. The van der Waals surface area contributed by atoms with Crippen LogP contribution in [0.1, 0.15) is 104 Å². The molecule has 0 bridgehead atoms. The van der Waals surface area contributed by atoms with E-state index in [1.807, 2.05) is 0 Å². The quantitative estimate of drug-likeness (QED) is 0.173. The predicted octanol–water partition coefficient (Wildman–Crippen LogP) is 4.21. The van der Waals surface area contributed by atoms with Crippen molar-refractivity contribution in [2.24, 2.45) is 0 Å². The number of likely N-dealkylation sites (N-methyl/N-ethyl adjacent to an activating group) is 1. The zero-order valence-corrected chi connectivity index (χ0v) is 20.2. The number of aliphatic hydroxyl groups is 2. The molecule has 0 aromatic carbocycles. The van der Waals surface area contributed by atoms with Crippen LogP contribution in [0, 0.1) is 0 Å². The molecule has 0 aromatic heterocycles. The van der Waals surface area contributed by atoms with Crippen LogP contribution in [0.25, 0.3) is 0 Å². The van der Waals surface area contributed by atoms with E-state index in [0.29, 0.717) is 0 Å². The number of carboxylic acid groups (broad SMARTS) is 1. The number of allylic oxidation sites excluding steroid dienone is 2. The first-order chi connectivity index (χ1) is 14.4. The Balaban J connectivity index is 0. The highest BCUT2D eigenvalue weighted by atomic mass is 16.4. The first-order valence-corrected chi connectivity index (χ1v) is 12.3. The molecule has 0 saturated carbocycles. The summed E-state index contributed by atoms with van der Waals surface area (Å²) in [7, 11) is 2.14. The molecule has 0 aliphatic rings. The van der Waals surface area contributed by atoms with Gasteiger partial charge in [0.25, 0.3) is 0 Å². The van der Waals surface area contributed by atoms with Gasteiger partial charge in [0.05, 0.1) is 26.8 Å². The van der Waals surface area contributed by atoms with Gasteiger partial charge in [-0.25, -0.2) is 0 Å². The summed E-state index contributed by atoms with van der Waals surface area (Å²) in [5.41, 5.74) is 0. The van der Waals surface area contributed by atoms with Crippen molar-refractivity contribution in [3.63, 3.8) is 0 Å². The molecule has 0 atom stereocenters. The van der Waals surface area contributed by atoms with Gasteiger partial charge in [0.1, 0.15) is 13.1 Å². The van der Waals surface area contributed by atoms with E-state index in [9.17, 15) is 0 Å². The van der Waals surface area contributed by atoms with Gasteiger partial charge in [0.2, 0.25) is 0 Å². The van der Waals surface area contributed by atoms with E-state index in [-0.39, 0.29) is 13.2 Å². The number of carbonyl (C=O) groups is 1. The molecule has 0 radical (unpaired) electrons. The molecule has 0 unspecified atom stereocenters. The molecule has 0 spiro atoms. The topological polar surface area (TPSA) is 80.6 Å². The van der Waals surface area contributed by atoms with Crippen molar-refractivity contribution in [1.29, 1.82) is 0 Å². The average Bonchev–Trinajstić information content (AvgIpc) is 2.67. The molecule has 0 aliphatic carbocycles. The lowest BCUT2D eigenvalue weighted by Crippen LogP contribution is -2.48. The Kier molecular flexibility index (Phi) is 25.4. The third kappa shape index (κ3) is 27.1.